The van der Waals surface area contributed by atoms with E-state index >= 15 is 0 Å². The Bertz CT molecular complexity index is 691. The van der Waals surface area contributed by atoms with Crippen LogP contribution in [0.4, 0.5) is 0 Å². The van der Waals surface area contributed by atoms with Gasteiger partial charge in [-0.05, 0) is 85.3 Å². The molecule has 3 fully saturated rings. The quantitative estimate of drug-likeness (QED) is 0.611. The molecule has 0 aromatic rings. The summed E-state index contributed by atoms with van der Waals surface area (Å²) >= 11 is 4.94. The van der Waals surface area contributed by atoms with Gasteiger partial charge >= 0.3 is 0 Å². The van der Waals surface area contributed by atoms with Gasteiger partial charge in [0, 0.05) is 17.6 Å². The largest absolute Gasteiger partial charge is 0.389 e. The van der Waals surface area contributed by atoms with Crippen molar-refractivity contribution in [1.29, 1.82) is 0 Å². The van der Waals surface area contributed by atoms with Gasteiger partial charge in [-0.3, -0.25) is 9.59 Å². The fraction of sp³-hybridized carbons (Fsp3) is 0.826. The van der Waals surface area contributed by atoms with Crippen LogP contribution in [0.25, 0.3) is 0 Å². The van der Waals surface area contributed by atoms with E-state index in [4.69, 9.17) is 12.6 Å². The molecule has 4 aliphatic carbocycles. The first-order valence-corrected chi connectivity index (χ1v) is 11.3. The molecule has 0 saturated heterocycles. The lowest BCUT2D eigenvalue weighted by Gasteiger charge is -2.65. The molecule has 28 heavy (non-hydrogen) atoms. The highest BCUT2D eigenvalue weighted by Crippen LogP contribution is 2.72. The fourth-order valence-electron chi connectivity index (χ4n) is 7.56. The molecule has 7 atom stereocenters. The molecule has 4 aliphatic rings. The van der Waals surface area contributed by atoms with Crippen LogP contribution in [0.3, 0.4) is 0 Å². The van der Waals surface area contributed by atoms with Gasteiger partial charge in [0.1, 0.15) is 6.61 Å². The number of hydrogen-bond acceptors (Lipinski definition) is 5. The zero-order valence-electron chi connectivity index (χ0n) is 17.8. The Labute approximate surface area is 175 Å². The first kappa shape index (κ1) is 22.0. The van der Waals surface area contributed by atoms with E-state index in [1.165, 1.54) is 12.6 Å². The van der Waals surface area contributed by atoms with E-state index in [1.807, 2.05) is 6.08 Å². The predicted molar refractivity (Wildman–Crippen MR) is 115 cm³/mol. The van der Waals surface area contributed by atoms with Gasteiger partial charge in [-0.2, -0.15) is 12.6 Å². The number of fused-ring (bicyclic) bond motifs is 5. The Morgan fingerprint density at radius 2 is 1.86 bits per heavy atom. The monoisotopic (exact) mass is 407 g/mol. The molecule has 0 spiro atoms. The fourth-order valence-corrected chi connectivity index (χ4v) is 8.15. The number of hydrogen-bond donors (Lipinski definition) is 3. The predicted octanol–water partition coefficient (Wildman–Crippen LogP) is 3.57. The van der Waals surface area contributed by atoms with Gasteiger partial charge in [0.2, 0.25) is 0 Å². The van der Waals surface area contributed by atoms with Crippen LogP contribution in [0.5, 0.6) is 0 Å². The highest BCUT2D eigenvalue weighted by atomic mass is 32.1. The van der Waals surface area contributed by atoms with Gasteiger partial charge in [0.15, 0.2) is 11.6 Å². The van der Waals surface area contributed by atoms with Crippen LogP contribution in [-0.4, -0.2) is 35.6 Å². The van der Waals surface area contributed by atoms with E-state index in [2.05, 4.69) is 26.5 Å². The summed E-state index contributed by atoms with van der Waals surface area (Å²) < 4.78 is 0. The topological polar surface area (TPSA) is 80.4 Å². The van der Waals surface area contributed by atoms with Crippen LogP contribution in [0.15, 0.2) is 11.6 Å². The molecule has 5 heteroatoms. The summed E-state index contributed by atoms with van der Waals surface area (Å²) in [5.41, 5.74) is 5.98. The van der Waals surface area contributed by atoms with Crippen molar-refractivity contribution >= 4 is 24.2 Å². The van der Waals surface area contributed by atoms with Gasteiger partial charge < -0.3 is 10.8 Å². The van der Waals surface area contributed by atoms with Crippen molar-refractivity contribution in [2.45, 2.75) is 71.0 Å². The zero-order valence-corrected chi connectivity index (χ0v) is 18.7. The van der Waals surface area contributed by atoms with E-state index in [1.54, 1.807) is 0 Å². The molecular formula is C23H37NO3S. The molecule has 3 N–H and O–H groups in total. The lowest BCUT2D eigenvalue weighted by Crippen LogP contribution is -2.59. The Hall–Kier alpha value is -0.650. The number of carbonyl (C=O) groups excluding carboxylic acids is 2. The van der Waals surface area contributed by atoms with Gasteiger partial charge in [0.05, 0.1) is 0 Å². The van der Waals surface area contributed by atoms with E-state index in [0.717, 1.165) is 38.5 Å². The number of nitrogens with two attached hydrogens (primary N) is 1. The summed E-state index contributed by atoms with van der Waals surface area (Å²) in [7, 11) is 1.50. The van der Waals surface area contributed by atoms with Crippen molar-refractivity contribution in [3.63, 3.8) is 0 Å². The van der Waals surface area contributed by atoms with Gasteiger partial charge in [0.25, 0.3) is 0 Å². The van der Waals surface area contributed by atoms with Crippen molar-refractivity contribution in [1.82, 2.24) is 0 Å². The standard InChI is InChI=1S/C22H32O3S.CH5N/c1-20-8-9-22(3)16(14(20)4-5-15(20)18(25)12-23)11-19(26)17-10-13(24)6-7-21(17,22)2;1-2/h10,14-16,19,23,26H,4-9,11-12H2,1-3H3;2H2,1H3. The third kappa shape index (κ3) is 2.87. The Morgan fingerprint density at radius 3 is 2.50 bits per heavy atom. The molecule has 0 radical (unpaired) electrons. The molecule has 0 aliphatic heterocycles. The highest BCUT2D eigenvalue weighted by Gasteiger charge is 2.65. The molecule has 0 bridgehead atoms. The minimum Gasteiger partial charge on any atom is -0.389 e. The van der Waals surface area contributed by atoms with Crippen molar-refractivity contribution in [2.75, 3.05) is 13.7 Å². The van der Waals surface area contributed by atoms with E-state index < -0.39 is 0 Å². The lowest BCUT2D eigenvalue weighted by atomic mass is 9.40. The summed E-state index contributed by atoms with van der Waals surface area (Å²) in [6, 6.07) is 0. The maximum absolute atomic E-state index is 12.4. The minimum atomic E-state index is -0.323. The van der Waals surface area contributed by atoms with Crippen LogP contribution >= 0.6 is 12.6 Å². The van der Waals surface area contributed by atoms with Crippen molar-refractivity contribution in [2.24, 2.45) is 39.7 Å². The number of aliphatic hydroxyl groups excluding tert-OH is 1. The Balaban J connectivity index is 0.00000109. The maximum Gasteiger partial charge on any atom is 0.161 e. The average Bonchev–Trinajstić information content (AvgIpc) is 3.04. The molecule has 3 saturated carbocycles. The van der Waals surface area contributed by atoms with Crippen LogP contribution < -0.4 is 5.73 Å². The minimum absolute atomic E-state index is 0.0121. The molecule has 0 aromatic heterocycles. The molecule has 4 rings (SSSR count). The van der Waals surface area contributed by atoms with Crippen LogP contribution in [-0.2, 0) is 9.59 Å². The number of aliphatic hydroxyl groups is 1. The SMILES string of the molecule is CC12CCC3(C)C(CC(S)C4=CC(=O)CCC43C)C1CCC2C(=O)CO.CN. The van der Waals surface area contributed by atoms with Crippen molar-refractivity contribution in [3.05, 3.63) is 11.6 Å². The van der Waals surface area contributed by atoms with Crippen molar-refractivity contribution < 1.29 is 14.7 Å². The smallest absolute Gasteiger partial charge is 0.161 e. The molecule has 7 unspecified atom stereocenters. The number of rotatable bonds is 2. The first-order valence-electron chi connectivity index (χ1n) is 10.8. The van der Waals surface area contributed by atoms with E-state index in [0.29, 0.717) is 18.3 Å². The van der Waals surface area contributed by atoms with Crippen LogP contribution in [0, 0.1) is 34.0 Å². The van der Waals surface area contributed by atoms with Crippen LogP contribution in [0.2, 0.25) is 0 Å². The van der Waals surface area contributed by atoms with E-state index in [9.17, 15) is 14.7 Å². The maximum atomic E-state index is 12.4. The molecule has 158 valence electrons. The Kier molecular flexibility index (Phi) is 5.95. The second-order valence-electron chi connectivity index (χ2n) is 10.0. The number of carbonyl (C=O) groups is 2. The summed E-state index contributed by atoms with van der Waals surface area (Å²) in [6.45, 7) is 6.79. The Morgan fingerprint density at radius 1 is 1.18 bits per heavy atom. The lowest BCUT2D eigenvalue weighted by molar-refractivity contribution is -0.142. The van der Waals surface area contributed by atoms with Gasteiger partial charge in [-0.15, -0.1) is 0 Å². The van der Waals surface area contributed by atoms with Gasteiger partial charge in [-0.25, -0.2) is 0 Å². The van der Waals surface area contributed by atoms with E-state index in [-0.39, 0.29) is 45.6 Å². The second kappa shape index (κ2) is 7.55. The zero-order chi connectivity index (χ0) is 20.9. The first-order chi connectivity index (χ1) is 13.2. The average molecular weight is 408 g/mol. The van der Waals surface area contributed by atoms with Crippen molar-refractivity contribution in [3.8, 4) is 0 Å². The third-order valence-electron chi connectivity index (χ3n) is 9.36. The third-order valence-corrected chi connectivity index (χ3v) is 9.85. The number of ketones is 2. The summed E-state index contributed by atoms with van der Waals surface area (Å²) in [6.07, 6.45) is 8.65. The molecule has 0 heterocycles. The summed E-state index contributed by atoms with van der Waals surface area (Å²) in [5.74, 6) is 1.36. The molecule has 0 aromatic carbocycles. The molecular weight excluding hydrogens is 370 g/mol. The number of Topliss-reactive ketones (excluding diaryl/α,β-unsaturated/α-hetero) is 1. The van der Waals surface area contributed by atoms with Gasteiger partial charge in [-0.1, -0.05) is 20.8 Å². The highest BCUT2D eigenvalue weighted by molar-refractivity contribution is 7.81. The molecule has 0 amide bonds. The normalized spacial score (nSPS) is 47.1. The number of thiol groups is 1. The summed E-state index contributed by atoms with van der Waals surface area (Å²) in [5, 5.41) is 9.59. The summed E-state index contributed by atoms with van der Waals surface area (Å²) in [4.78, 5) is 24.5. The molecule has 4 nitrogen and oxygen atoms in total. The van der Waals surface area contributed by atoms with Crippen LogP contribution in [0.1, 0.15) is 65.7 Å². The second-order valence-corrected chi connectivity index (χ2v) is 10.7.